The van der Waals surface area contributed by atoms with Crippen molar-refractivity contribution in [2.24, 2.45) is 5.14 Å². The van der Waals surface area contributed by atoms with Crippen molar-refractivity contribution < 1.29 is 13.2 Å². The molecule has 1 unspecified atom stereocenters. The number of sulfonamides is 1. The van der Waals surface area contributed by atoms with Crippen LogP contribution >= 0.6 is 11.3 Å². The average Bonchev–Trinajstić information content (AvgIpc) is 3.37. The van der Waals surface area contributed by atoms with Crippen LogP contribution in [0, 0.1) is 0 Å². The average molecular weight is 427 g/mol. The van der Waals surface area contributed by atoms with Gasteiger partial charge in [0.1, 0.15) is 0 Å². The van der Waals surface area contributed by atoms with Gasteiger partial charge in [-0.05, 0) is 42.5 Å². The van der Waals surface area contributed by atoms with Gasteiger partial charge in [0.15, 0.2) is 5.65 Å². The molecule has 2 N–H and O–H groups in total. The van der Waals surface area contributed by atoms with Crippen molar-refractivity contribution in [3.05, 3.63) is 76.2 Å². The molecule has 0 saturated carbocycles. The maximum absolute atomic E-state index is 12.7. The van der Waals surface area contributed by atoms with Gasteiger partial charge in [-0.2, -0.15) is 5.10 Å². The molecule has 0 aliphatic carbocycles. The molecule has 3 aromatic heterocycles. The van der Waals surface area contributed by atoms with Gasteiger partial charge >= 0.3 is 0 Å². The first-order chi connectivity index (χ1) is 13.8. The highest BCUT2D eigenvalue weighted by molar-refractivity contribution is 7.89. The molecule has 29 heavy (non-hydrogen) atoms. The Bertz CT molecular complexity index is 1290. The highest BCUT2D eigenvalue weighted by Crippen LogP contribution is 2.24. The fourth-order valence-electron chi connectivity index (χ4n) is 3.12. The van der Waals surface area contributed by atoms with Crippen LogP contribution in [0.3, 0.4) is 0 Å². The molecule has 1 atom stereocenters. The van der Waals surface area contributed by atoms with Crippen LogP contribution < -0.4 is 5.14 Å². The first-order valence-corrected chi connectivity index (χ1v) is 11.4. The SMILES string of the molecule is CC(Cc1cccc(-c2ccnc3c(C(=O)c4cccs4)cnn23)c1)S(N)(=O)=O. The predicted octanol–water partition coefficient (Wildman–Crippen LogP) is 2.91. The van der Waals surface area contributed by atoms with Gasteiger partial charge < -0.3 is 0 Å². The van der Waals surface area contributed by atoms with E-state index in [2.05, 4.69) is 10.1 Å². The summed E-state index contributed by atoms with van der Waals surface area (Å²) in [5.41, 5.74) is 3.36. The van der Waals surface area contributed by atoms with Gasteiger partial charge in [0, 0.05) is 11.8 Å². The maximum Gasteiger partial charge on any atom is 0.212 e. The molecule has 0 radical (unpaired) electrons. The molecule has 9 heteroatoms. The Morgan fingerprint density at radius 1 is 1.24 bits per heavy atom. The van der Waals surface area contributed by atoms with Crippen LogP contribution in [-0.2, 0) is 16.4 Å². The summed E-state index contributed by atoms with van der Waals surface area (Å²) >= 11 is 1.37. The zero-order chi connectivity index (χ0) is 20.6. The number of aromatic nitrogens is 3. The number of ketones is 1. The second-order valence-electron chi connectivity index (χ2n) is 6.73. The third kappa shape index (κ3) is 3.84. The van der Waals surface area contributed by atoms with Crippen LogP contribution in [0.1, 0.15) is 27.7 Å². The van der Waals surface area contributed by atoms with Crippen molar-refractivity contribution in [1.29, 1.82) is 0 Å². The molecule has 4 rings (SSSR count). The van der Waals surface area contributed by atoms with Gasteiger partial charge in [-0.15, -0.1) is 11.3 Å². The highest BCUT2D eigenvalue weighted by atomic mass is 32.2. The van der Waals surface area contributed by atoms with Crippen LogP contribution in [-0.4, -0.2) is 34.0 Å². The quantitative estimate of drug-likeness (QED) is 0.477. The number of fused-ring (bicyclic) bond motifs is 1. The van der Waals surface area contributed by atoms with E-state index >= 15 is 0 Å². The van der Waals surface area contributed by atoms with Gasteiger partial charge in [0.25, 0.3) is 0 Å². The fraction of sp³-hybridized carbons (Fsp3) is 0.150. The number of rotatable bonds is 6. The molecule has 148 valence electrons. The van der Waals surface area contributed by atoms with E-state index in [1.165, 1.54) is 17.5 Å². The number of carbonyl (C=O) groups excluding carboxylic acids is 1. The van der Waals surface area contributed by atoms with Gasteiger partial charge in [-0.3, -0.25) is 4.79 Å². The van der Waals surface area contributed by atoms with E-state index in [4.69, 9.17) is 5.14 Å². The van der Waals surface area contributed by atoms with Crippen molar-refractivity contribution in [1.82, 2.24) is 14.6 Å². The Kier molecular flexibility index (Phi) is 5.03. The Hall–Kier alpha value is -2.88. The minimum absolute atomic E-state index is 0.115. The molecule has 0 bridgehead atoms. The van der Waals surface area contributed by atoms with E-state index < -0.39 is 15.3 Å². The van der Waals surface area contributed by atoms with Gasteiger partial charge in [0.05, 0.1) is 27.6 Å². The van der Waals surface area contributed by atoms with Crippen LogP contribution in [0.15, 0.2) is 60.2 Å². The normalized spacial score (nSPS) is 12.9. The molecule has 0 aliphatic heterocycles. The molecule has 7 nitrogen and oxygen atoms in total. The lowest BCUT2D eigenvalue weighted by Gasteiger charge is -2.11. The topological polar surface area (TPSA) is 107 Å². The van der Waals surface area contributed by atoms with Crippen molar-refractivity contribution in [3.63, 3.8) is 0 Å². The van der Waals surface area contributed by atoms with E-state index in [1.807, 2.05) is 41.8 Å². The summed E-state index contributed by atoms with van der Waals surface area (Å²) in [4.78, 5) is 17.7. The lowest BCUT2D eigenvalue weighted by molar-refractivity contribution is 0.104. The summed E-state index contributed by atoms with van der Waals surface area (Å²) in [6, 6.07) is 12.9. The van der Waals surface area contributed by atoms with E-state index in [-0.39, 0.29) is 5.78 Å². The molecule has 0 spiro atoms. The Labute approximate surface area is 171 Å². The summed E-state index contributed by atoms with van der Waals surface area (Å²) in [5.74, 6) is -0.115. The second kappa shape index (κ2) is 7.51. The van der Waals surface area contributed by atoms with Gasteiger partial charge in [0.2, 0.25) is 15.8 Å². The first kappa shape index (κ1) is 19.4. The zero-order valence-electron chi connectivity index (χ0n) is 15.5. The molecular formula is C20H18N4O3S2. The number of primary sulfonamides is 1. The monoisotopic (exact) mass is 426 g/mol. The molecule has 1 aromatic carbocycles. The minimum Gasteiger partial charge on any atom is -0.287 e. The van der Waals surface area contributed by atoms with Gasteiger partial charge in [-0.25, -0.2) is 23.1 Å². The second-order valence-corrected chi connectivity index (χ2v) is 9.66. The summed E-state index contributed by atoms with van der Waals surface area (Å²) < 4.78 is 24.7. The summed E-state index contributed by atoms with van der Waals surface area (Å²) in [7, 11) is -3.60. The summed E-state index contributed by atoms with van der Waals surface area (Å²) in [5, 5.41) is 10.8. The largest absolute Gasteiger partial charge is 0.287 e. The van der Waals surface area contributed by atoms with Crippen LogP contribution in [0.25, 0.3) is 16.9 Å². The number of benzene rings is 1. The number of nitrogens with zero attached hydrogens (tertiary/aromatic N) is 3. The Morgan fingerprint density at radius 3 is 2.79 bits per heavy atom. The van der Waals surface area contributed by atoms with E-state index in [0.29, 0.717) is 22.5 Å². The number of carbonyl (C=O) groups is 1. The smallest absolute Gasteiger partial charge is 0.212 e. The van der Waals surface area contributed by atoms with Crippen molar-refractivity contribution >= 4 is 32.8 Å². The lowest BCUT2D eigenvalue weighted by Crippen LogP contribution is -2.27. The Balaban J connectivity index is 1.74. The Morgan fingerprint density at radius 2 is 2.07 bits per heavy atom. The lowest BCUT2D eigenvalue weighted by atomic mass is 10.0. The number of hydrogen-bond acceptors (Lipinski definition) is 6. The third-order valence-electron chi connectivity index (χ3n) is 4.70. The molecule has 4 aromatic rings. The fourth-order valence-corrected chi connectivity index (χ4v) is 4.22. The minimum atomic E-state index is -3.60. The summed E-state index contributed by atoms with van der Waals surface area (Å²) in [6.07, 6.45) is 3.47. The van der Waals surface area contributed by atoms with Crippen LogP contribution in [0.2, 0.25) is 0 Å². The molecule has 0 saturated heterocycles. The number of thiophene rings is 1. The maximum atomic E-state index is 12.7. The van der Waals surface area contributed by atoms with E-state index in [1.54, 1.807) is 23.7 Å². The van der Waals surface area contributed by atoms with E-state index in [0.717, 1.165) is 16.8 Å². The molecule has 0 fully saturated rings. The van der Waals surface area contributed by atoms with E-state index in [9.17, 15) is 13.2 Å². The number of hydrogen-bond donors (Lipinski definition) is 1. The van der Waals surface area contributed by atoms with Crippen molar-refractivity contribution in [2.45, 2.75) is 18.6 Å². The molecular weight excluding hydrogens is 408 g/mol. The zero-order valence-corrected chi connectivity index (χ0v) is 17.2. The van der Waals surface area contributed by atoms with Crippen LogP contribution in [0.4, 0.5) is 0 Å². The predicted molar refractivity (Wildman–Crippen MR) is 112 cm³/mol. The van der Waals surface area contributed by atoms with Crippen LogP contribution in [0.5, 0.6) is 0 Å². The first-order valence-electron chi connectivity index (χ1n) is 8.86. The molecule has 3 heterocycles. The standard InChI is InChI=1S/C20H18N4O3S2/c1-13(29(21,26)27)10-14-4-2-5-15(11-14)17-7-8-22-20-16(12-23-24(17)20)19(25)18-6-3-9-28-18/h2-9,11-13H,10H2,1H3,(H2,21,26,27). The number of nitrogens with two attached hydrogens (primary N) is 1. The summed E-state index contributed by atoms with van der Waals surface area (Å²) in [6.45, 7) is 1.59. The molecule has 0 amide bonds. The van der Waals surface area contributed by atoms with Crippen molar-refractivity contribution in [2.75, 3.05) is 0 Å². The third-order valence-corrected chi connectivity index (χ3v) is 6.85. The van der Waals surface area contributed by atoms with Gasteiger partial charge in [-0.1, -0.05) is 24.3 Å². The molecule has 0 aliphatic rings. The highest BCUT2D eigenvalue weighted by Gasteiger charge is 2.19. The van der Waals surface area contributed by atoms with Crippen molar-refractivity contribution in [3.8, 4) is 11.3 Å².